The number of phosphoric ester groups is 1. The molecule has 4 unspecified atom stereocenters. The van der Waals surface area contributed by atoms with Crippen LogP contribution in [0.25, 0.3) is 0 Å². The molecule has 1 rings (SSSR count). The van der Waals surface area contributed by atoms with Crippen LogP contribution in [0.3, 0.4) is 0 Å². The Hall–Kier alpha value is -3.39. The van der Waals surface area contributed by atoms with Gasteiger partial charge in [0, 0.05) is 19.4 Å². The number of carbonyl (C=O) groups is 6. The van der Waals surface area contributed by atoms with Crippen LogP contribution in [0.5, 0.6) is 0 Å². The van der Waals surface area contributed by atoms with Crippen LogP contribution in [-0.4, -0.2) is 172 Å². The second-order valence-electron chi connectivity index (χ2n) is 15.9. The van der Waals surface area contributed by atoms with Gasteiger partial charge in [0.1, 0.15) is 49.2 Å². The highest BCUT2D eigenvalue weighted by Gasteiger charge is 2.50. The predicted molar refractivity (Wildman–Crippen MR) is 232 cm³/mol. The van der Waals surface area contributed by atoms with Crippen LogP contribution in [-0.2, 0) is 75.8 Å². The van der Waals surface area contributed by atoms with E-state index < -0.39 is 162 Å². The first kappa shape index (κ1) is 61.6. The molecule has 25 heteroatoms. The lowest BCUT2D eigenvalue weighted by Gasteiger charge is -2.44. The van der Waals surface area contributed by atoms with Crippen molar-refractivity contribution in [3.63, 3.8) is 0 Å². The van der Waals surface area contributed by atoms with Crippen molar-refractivity contribution in [3.8, 4) is 0 Å². The molecule has 1 fully saturated rings. The minimum absolute atomic E-state index is 0.0134. The fourth-order valence-electron chi connectivity index (χ4n) is 6.23. The van der Waals surface area contributed by atoms with Gasteiger partial charge in [-0.2, -0.15) is 0 Å². The van der Waals surface area contributed by atoms with Crippen molar-refractivity contribution in [2.75, 3.05) is 26.4 Å². The molecule has 2 amide bonds. The third-order valence-corrected chi connectivity index (χ3v) is 10.9. The monoisotopic (exact) mass is 990 g/mol. The average Bonchev–Trinajstić information content (AvgIpc) is 3.27. The molecule has 0 aromatic heterocycles. The molecule has 0 aromatic carbocycles. The van der Waals surface area contributed by atoms with E-state index in [2.05, 4.69) is 10.6 Å². The first-order chi connectivity index (χ1) is 31.6. The number of esters is 4. The van der Waals surface area contributed by atoms with Gasteiger partial charge in [-0.1, -0.05) is 48.5 Å². The van der Waals surface area contributed by atoms with Crippen molar-refractivity contribution in [2.24, 2.45) is 0 Å². The summed E-state index contributed by atoms with van der Waals surface area (Å²) < 4.78 is 62.6. The zero-order valence-corrected chi connectivity index (χ0v) is 40.7. The molecule has 1 aliphatic rings. The molecular weight excluding hydrogens is 915 g/mol. The van der Waals surface area contributed by atoms with E-state index in [1.54, 1.807) is 48.5 Å². The fraction of sp³-hybridized carbons (Fsp3) is 0.857. The Bertz CT molecular complexity index is 1550. The van der Waals surface area contributed by atoms with E-state index in [0.717, 1.165) is 6.92 Å². The molecule has 0 aromatic rings. The molecule has 1 aliphatic heterocycles. The molecule has 0 saturated carbocycles. The van der Waals surface area contributed by atoms with Gasteiger partial charge in [-0.15, -0.1) is 0 Å². The minimum atomic E-state index is -5.20. The smallest absolute Gasteiger partial charge is 0.463 e. The van der Waals surface area contributed by atoms with Gasteiger partial charge < -0.3 is 78.7 Å². The Morgan fingerprint density at radius 1 is 0.761 bits per heavy atom. The molecule has 0 radical (unpaired) electrons. The Balaban J connectivity index is 3.84. The standard InChI is InChI=1S/C42H75N2O22P/c1-9-16-58-42-38(44-32(48)17-25(46)10-2)40(65-37(53)18-26(47)11-3)39(54)31(64-42)23-60-41(63-30(21-45)24(8)66-67(55,56)57)29(43-33(49)19-27(12-4)61-34(50)14-6)22-59-36(52)20-28(13-5)62-35(51)15-7/h24-31,38-42,45-47,54H,9-23H2,1-8H3,(H,43,49)(H,44,48)(H2,55,56,57)/t24-,25+,26+,27+,28+,29-,30?,31?,38?,39+,40?,41+,42-/m0/s1. The van der Waals surface area contributed by atoms with Gasteiger partial charge in [0.2, 0.25) is 11.8 Å². The summed E-state index contributed by atoms with van der Waals surface area (Å²) in [4.78, 5) is 96.3. The van der Waals surface area contributed by atoms with Crippen molar-refractivity contribution >= 4 is 43.5 Å². The van der Waals surface area contributed by atoms with Crippen molar-refractivity contribution in [1.29, 1.82) is 0 Å². The molecule has 13 atom stereocenters. The van der Waals surface area contributed by atoms with Crippen LogP contribution in [0, 0.1) is 0 Å². The zero-order chi connectivity index (χ0) is 50.9. The van der Waals surface area contributed by atoms with Crippen molar-refractivity contribution < 1.29 is 106 Å². The Morgan fingerprint density at radius 3 is 1.87 bits per heavy atom. The maximum atomic E-state index is 13.7. The lowest BCUT2D eigenvalue weighted by atomic mass is 9.96. The predicted octanol–water partition coefficient (Wildman–Crippen LogP) is 0.707. The number of carbonyl (C=O) groups excluding carboxylic acids is 6. The molecule has 1 heterocycles. The Kier molecular flexibility index (Phi) is 29.8. The van der Waals surface area contributed by atoms with Gasteiger partial charge in [0.05, 0.1) is 57.2 Å². The Labute approximate surface area is 391 Å². The summed E-state index contributed by atoms with van der Waals surface area (Å²) in [6, 6.07) is -2.98. The number of hydrogen-bond acceptors (Lipinski definition) is 20. The molecular formula is C42H75N2O22P. The minimum Gasteiger partial charge on any atom is -0.463 e. The summed E-state index contributed by atoms with van der Waals surface area (Å²) in [5.41, 5.74) is 0. The number of hydrogen-bond donors (Lipinski definition) is 8. The number of aliphatic hydroxyl groups is 4. The Morgan fingerprint density at radius 2 is 1.34 bits per heavy atom. The summed E-state index contributed by atoms with van der Waals surface area (Å²) in [7, 11) is -5.20. The van der Waals surface area contributed by atoms with E-state index in [0.29, 0.717) is 6.42 Å². The molecule has 8 N–H and O–H groups in total. The number of aliphatic hydroxyl groups excluding tert-OH is 4. The summed E-state index contributed by atoms with van der Waals surface area (Å²) in [5, 5.41) is 47.8. The van der Waals surface area contributed by atoms with Gasteiger partial charge in [-0.25, -0.2) is 4.57 Å². The maximum Gasteiger partial charge on any atom is 0.469 e. The first-order valence-corrected chi connectivity index (χ1v) is 24.4. The molecule has 0 spiro atoms. The SMILES string of the molecule is CCCO[C@H]1OC(CO[C@H](OC(CO)[C@H](C)OP(=O)(O)O)[C@H](COC(=O)C[C@@H](CC)OC(=O)CC)NC(=O)C[C@@H](CC)OC(=O)CC)[C@@H](O)C(OC(=O)C[C@H](O)CC)C1NC(=O)C[C@H](O)CC. The van der Waals surface area contributed by atoms with Gasteiger partial charge in [0.15, 0.2) is 18.7 Å². The van der Waals surface area contributed by atoms with Crippen LogP contribution >= 0.6 is 7.82 Å². The quantitative estimate of drug-likeness (QED) is 0.0190. The van der Waals surface area contributed by atoms with Crippen LogP contribution in [0.4, 0.5) is 0 Å². The largest absolute Gasteiger partial charge is 0.469 e. The van der Waals surface area contributed by atoms with Crippen molar-refractivity contribution in [1.82, 2.24) is 10.6 Å². The number of amides is 2. The van der Waals surface area contributed by atoms with Crippen LogP contribution < -0.4 is 10.6 Å². The molecule has 67 heavy (non-hydrogen) atoms. The van der Waals surface area contributed by atoms with E-state index >= 15 is 0 Å². The highest BCUT2D eigenvalue weighted by atomic mass is 31.2. The summed E-state index contributed by atoms with van der Waals surface area (Å²) in [6.45, 7) is 10.2. The van der Waals surface area contributed by atoms with Gasteiger partial charge in [0.25, 0.3) is 0 Å². The molecule has 24 nitrogen and oxygen atoms in total. The molecule has 0 bridgehead atoms. The summed E-state index contributed by atoms with van der Waals surface area (Å²) >= 11 is 0. The highest BCUT2D eigenvalue weighted by Crippen LogP contribution is 2.38. The van der Waals surface area contributed by atoms with Crippen LogP contribution in [0.2, 0.25) is 0 Å². The fourth-order valence-corrected chi connectivity index (χ4v) is 6.80. The van der Waals surface area contributed by atoms with Gasteiger partial charge >= 0.3 is 31.7 Å². The normalized spacial score (nSPS) is 22.1. The second kappa shape index (κ2) is 32.4. The third-order valence-electron chi connectivity index (χ3n) is 10.3. The van der Waals surface area contributed by atoms with E-state index in [9.17, 15) is 63.5 Å². The number of phosphoric acid groups is 1. The van der Waals surface area contributed by atoms with E-state index in [-0.39, 0.29) is 51.6 Å². The summed E-state index contributed by atoms with van der Waals surface area (Å²) in [6.07, 6.45) is -16.0. The first-order valence-electron chi connectivity index (χ1n) is 22.8. The summed E-state index contributed by atoms with van der Waals surface area (Å²) in [5.74, 6) is -4.55. The van der Waals surface area contributed by atoms with Crippen LogP contribution in [0.15, 0.2) is 0 Å². The number of ether oxygens (including phenoxy) is 8. The topological polar surface area (TPSA) is 348 Å². The van der Waals surface area contributed by atoms with Crippen molar-refractivity contribution in [3.05, 3.63) is 0 Å². The molecule has 1 saturated heterocycles. The number of nitrogens with one attached hydrogen (secondary N) is 2. The van der Waals surface area contributed by atoms with Crippen LogP contribution in [0.1, 0.15) is 126 Å². The third kappa shape index (κ3) is 24.1. The average molecular weight is 991 g/mol. The van der Waals surface area contributed by atoms with E-state index in [4.69, 9.17) is 42.4 Å². The van der Waals surface area contributed by atoms with Gasteiger partial charge in [-0.05, 0) is 39.0 Å². The highest BCUT2D eigenvalue weighted by molar-refractivity contribution is 7.46. The lowest BCUT2D eigenvalue weighted by Crippen LogP contribution is -2.66. The van der Waals surface area contributed by atoms with Crippen molar-refractivity contribution in [2.45, 2.75) is 206 Å². The second-order valence-corrected chi connectivity index (χ2v) is 17.0. The van der Waals surface area contributed by atoms with Gasteiger partial charge in [-0.3, -0.25) is 33.3 Å². The zero-order valence-electron chi connectivity index (χ0n) is 39.8. The molecule has 390 valence electrons. The maximum absolute atomic E-state index is 13.7. The molecule has 0 aliphatic carbocycles. The van der Waals surface area contributed by atoms with E-state index in [1.165, 1.54) is 0 Å². The number of rotatable bonds is 34. The van der Waals surface area contributed by atoms with E-state index in [1.807, 2.05) is 0 Å². The lowest BCUT2D eigenvalue weighted by molar-refractivity contribution is -0.290.